The minimum Gasteiger partial charge on any atom is -0.480 e. The fourth-order valence-corrected chi connectivity index (χ4v) is 4.25. The molecule has 0 saturated carbocycles. The minimum absolute atomic E-state index is 0.0853. The summed E-state index contributed by atoms with van der Waals surface area (Å²) in [5.74, 6) is -1.91. The van der Waals surface area contributed by atoms with Gasteiger partial charge in [0.1, 0.15) is 18.7 Å². The second-order valence-corrected chi connectivity index (χ2v) is 9.22. The van der Waals surface area contributed by atoms with E-state index in [2.05, 4.69) is 22.8 Å². The molecule has 176 valence electrons. The number of rotatable bonds is 9. The summed E-state index contributed by atoms with van der Waals surface area (Å²) in [4.78, 5) is 36.9. The number of nitrogens with one attached hydrogen (secondary N) is 2. The maximum atomic E-state index is 12.8. The lowest BCUT2D eigenvalue weighted by Gasteiger charge is -2.24. The topological polar surface area (TPSA) is 105 Å². The number of carbonyl (C=O) groups is 3. The van der Waals surface area contributed by atoms with E-state index < -0.39 is 30.1 Å². The Balaban J connectivity index is 1.67. The van der Waals surface area contributed by atoms with Crippen LogP contribution in [0.2, 0.25) is 0 Å². The maximum absolute atomic E-state index is 12.8. The zero-order chi connectivity index (χ0) is 24.1. The molecule has 7 heteroatoms. The zero-order valence-corrected chi connectivity index (χ0v) is 19.5. The van der Waals surface area contributed by atoms with Crippen LogP contribution in [0.3, 0.4) is 0 Å². The van der Waals surface area contributed by atoms with E-state index in [0.29, 0.717) is 6.42 Å². The first-order valence-corrected chi connectivity index (χ1v) is 11.3. The van der Waals surface area contributed by atoms with Crippen molar-refractivity contribution in [2.24, 2.45) is 11.8 Å². The van der Waals surface area contributed by atoms with Crippen molar-refractivity contribution < 1.29 is 24.2 Å². The van der Waals surface area contributed by atoms with Crippen LogP contribution in [0.5, 0.6) is 0 Å². The van der Waals surface area contributed by atoms with Crippen molar-refractivity contribution in [3.63, 3.8) is 0 Å². The number of fused-ring (bicyclic) bond motifs is 3. The quantitative estimate of drug-likeness (QED) is 0.530. The van der Waals surface area contributed by atoms with Crippen LogP contribution in [0, 0.1) is 11.8 Å². The maximum Gasteiger partial charge on any atom is 0.407 e. The predicted molar refractivity (Wildman–Crippen MR) is 126 cm³/mol. The largest absolute Gasteiger partial charge is 0.480 e. The van der Waals surface area contributed by atoms with Gasteiger partial charge in [-0.25, -0.2) is 9.59 Å². The van der Waals surface area contributed by atoms with Crippen LogP contribution in [0.15, 0.2) is 48.5 Å². The third-order valence-electron chi connectivity index (χ3n) is 5.89. The first kappa shape index (κ1) is 24.3. The van der Waals surface area contributed by atoms with Gasteiger partial charge in [-0.15, -0.1) is 0 Å². The Morgan fingerprint density at radius 3 is 1.94 bits per heavy atom. The Hall–Kier alpha value is -3.35. The van der Waals surface area contributed by atoms with E-state index >= 15 is 0 Å². The predicted octanol–water partition coefficient (Wildman–Crippen LogP) is 4.17. The van der Waals surface area contributed by atoms with Crippen molar-refractivity contribution in [2.75, 3.05) is 6.61 Å². The number of alkyl carbamates (subject to hydrolysis) is 1. The molecule has 0 bridgehead atoms. The molecular weight excluding hydrogens is 420 g/mol. The van der Waals surface area contributed by atoms with E-state index in [9.17, 15) is 19.5 Å². The van der Waals surface area contributed by atoms with E-state index in [1.165, 1.54) is 0 Å². The lowest BCUT2D eigenvalue weighted by Crippen LogP contribution is -2.53. The standard InChI is InChI=1S/C26H32N2O5/c1-15(2)13-22(24(29)28-23(16(3)4)25(30)31)27-26(32)33-14-21-19-11-7-5-9-17(19)18-10-6-8-12-20(18)21/h5-12,15-16,21-23H,13-14H2,1-4H3,(H,27,32)(H,28,29)(H,30,31)/t22-,23+/m1/s1. The number of benzene rings is 2. The molecule has 7 nitrogen and oxygen atoms in total. The zero-order valence-electron chi connectivity index (χ0n) is 19.5. The normalized spacial score (nSPS) is 14.4. The molecule has 33 heavy (non-hydrogen) atoms. The van der Waals surface area contributed by atoms with Gasteiger partial charge >= 0.3 is 12.1 Å². The highest BCUT2D eigenvalue weighted by Gasteiger charge is 2.31. The number of aliphatic carboxylic acids is 1. The van der Waals surface area contributed by atoms with Crippen LogP contribution < -0.4 is 10.6 Å². The molecule has 1 aliphatic rings. The SMILES string of the molecule is CC(C)C[C@@H](NC(=O)OCC1c2ccccc2-c2ccccc21)C(=O)N[C@H](C(=O)O)C(C)C. The fraction of sp³-hybridized carbons (Fsp3) is 0.423. The number of amides is 2. The summed E-state index contributed by atoms with van der Waals surface area (Å²) in [7, 11) is 0. The van der Waals surface area contributed by atoms with Gasteiger partial charge in [0.05, 0.1) is 0 Å². The van der Waals surface area contributed by atoms with Crippen molar-refractivity contribution >= 4 is 18.0 Å². The third kappa shape index (κ3) is 5.72. The average Bonchev–Trinajstić information content (AvgIpc) is 3.08. The van der Waals surface area contributed by atoms with Crippen LogP contribution in [0.1, 0.15) is 51.2 Å². The Kier molecular flexibility index (Phi) is 7.74. The smallest absolute Gasteiger partial charge is 0.407 e. The second kappa shape index (κ2) is 10.5. The summed E-state index contributed by atoms with van der Waals surface area (Å²) < 4.78 is 5.56. The van der Waals surface area contributed by atoms with Gasteiger partial charge in [0.25, 0.3) is 0 Å². The van der Waals surface area contributed by atoms with Crippen LogP contribution in [0.25, 0.3) is 11.1 Å². The Labute approximate surface area is 194 Å². The highest BCUT2D eigenvalue weighted by molar-refractivity contribution is 5.89. The fourth-order valence-electron chi connectivity index (χ4n) is 4.25. The molecule has 0 unspecified atom stereocenters. The van der Waals surface area contributed by atoms with E-state index in [1.807, 2.05) is 50.2 Å². The summed E-state index contributed by atoms with van der Waals surface area (Å²) in [5, 5.41) is 14.6. The molecule has 0 heterocycles. The van der Waals surface area contributed by atoms with Gasteiger partial charge in [-0.3, -0.25) is 4.79 Å². The van der Waals surface area contributed by atoms with Crippen molar-refractivity contribution in [1.29, 1.82) is 0 Å². The van der Waals surface area contributed by atoms with E-state index in [0.717, 1.165) is 22.3 Å². The summed E-state index contributed by atoms with van der Waals surface area (Å²) in [6, 6.07) is 14.2. The Morgan fingerprint density at radius 2 is 1.45 bits per heavy atom. The van der Waals surface area contributed by atoms with Gasteiger partial charge in [0.2, 0.25) is 5.91 Å². The van der Waals surface area contributed by atoms with Gasteiger partial charge in [0, 0.05) is 5.92 Å². The molecule has 2 aromatic rings. The van der Waals surface area contributed by atoms with Crippen molar-refractivity contribution in [3.05, 3.63) is 59.7 Å². The lowest BCUT2D eigenvalue weighted by atomic mass is 9.98. The van der Waals surface area contributed by atoms with E-state index in [-0.39, 0.29) is 24.4 Å². The van der Waals surface area contributed by atoms with Crippen LogP contribution in [-0.4, -0.2) is 41.8 Å². The number of hydrogen-bond acceptors (Lipinski definition) is 4. The molecule has 2 aromatic carbocycles. The molecule has 3 N–H and O–H groups in total. The number of hydrogen-bond donors (Lipinski definition) is 3. The van der Waals surface area contributed by atoms with Gasteiger partial charge in [-0.05, 0) is 40.5 Å². The highest BCUT2D eigenvalue weighted by atomic mass is 16.5. The summed E-state index contributed by atoms with van der Waals surface area (Å²) in [6.45, 7) is 7.43. The van der Waals surface area contributed by atoms with Crippen LogP contribution >= 0.6 is 0 Å². The third-order valence-corrected chi connectivity index (χ3v) is 5.89. The first-order chi connectivity index (χ1) is 15.7. The van der Waals surface area contributed by atoms with Gasteiger partial charge < -0.3 is 20.5 Å². The number of carboxylic acids is 1. The Bertz CT molecular complexity index is 972. The van der Waals surface area contributed by atoms with Crippen molar-refractivity contribution in [1.82, 2.24) is 10.6 Å². The molecule has 3 rings (SSSR count). The molecule has 2 amide bonds. The molecule has 0 saturated heterocycles. The summed E-state index contributed by atoms with van der Waals surface area (Å²) >= 11 is 0. The van der Waals surface area contributed by atoms with Gasteiger partial charge in [-0.1, -0.05) is 76.2 Å². The number of ether oxygens (including phenoxy) is 1. The lowest BCUT2D eigenvalue weighted by molar-refractivity contribution is -0.143. The molecule has 0 aromatic heterocycles. The monoisotopic (exact) mass is 452 g/mol. The number of carbonyl (C=O) groups excluding carboxylic acids is 2. The summed E-state index contributed by atoms with van der Waals surface area (Å²) in [6.07, 6.45) is -0.338. The van der Waals surface area contributed by atoms with Crippen LogP contribution in [-0.2, 0) is 14.3 Å². The van der Waals surface area contributed by atoms with Gasteiger partial charge in [-0.2, -0.15) is 0 Å². The molecule has 2 atom stereocenters. The second-order valence-electron chi connectivity index (χ2n) is 9.22. The molecule has 1 aliphatic carbocycles. The minimum atomic E-state index is -1.11. The Morgan fingerprint density at radius 1 is 0.909 bits per heavy atom. The summed E-state index contributed by atoms with van der Waals surface area (Å²) in [5.41, 5.74) is 4.47. The van der Waals surface area contributed by atoms with E-state index in [1.54, 1.807) is 13.8 Å². The highest BCUT2D eigenvalue weighted by Crippen LogP contribution is 2.44. The molecule has 0 spiro atoms. The van der Waals surface area contributed by atoms with Crippen LogP contribution in [0.4, 0.5) is 4.79 Å². The molecule has 0 fully saturated rings. The van der Waals surface area contributed by atoms with Gasteiger partial charge in [0.15, 0.2) is 0 Å². The molecule has 0 radical (unpaired) electrons. The van der Waals surface area contributed by atoms with Crippen molar-refractivity contribution in [3.8, 4) is 11.1 Å². The average molecular weight is 453 g/mol. The number of carboxylic acid groups (broad SMARTS) is 1. The molecule has 0 aliphatic heterocycles. The van der Waals surface area contributed by atoms with E-state index in [4.69, 9.17) is 4.74 Å². The molecular formula is C26H32N2O5. The first-order valence-electron chi connectivity index (χ1n) is 11.3. The van der Waals surface area contributed by atoms with Crippen molar-refractivity contribution in [2.45, 2.75) is 52.1 Å².